The standard InChI is InChI=1S/C23H37N3O5/c1-14(2)24-20(28)19(18-13-15(3)9-10-16(18)4)26(11-12-27)21(29)17(5)25-22(30)31-23(6,7)8/h9-10,13-14,17,19,27H,11-12H2,1-8H3,(H,24,28)(H,25,30). The van der Waals surface area contributed by atoms with Crippen molar-refractivity contribution >= 4 is 17.9 Å². The summed E-state index contributed by atoms with van der Waals surface area (Å²) in [6.07, 6.45) is -0.729. The second-order valence-corrected chi connectivity index (χ2v) is 9.05. The van der Waals surface area contributed by atoms with Gasteiger partial charge in [0.25, 0.3) is 0 Å². The lowest BCUT2D eigenvalue weighted by molar-refractivity contribution is -0.143. The number of alkyl carbamates (subject to hydrolysis) is 1. The van der Waals surface area contributed by atoms with E-state index in [-0.39, 0.29) is 25.1 Å². The van der Waals surface area contributed by atoms with E-state index in [0.717, 1.165) is 11.1 Å². The molecule has 0 saturated carbocycles. The number of nitrogens with one attached hydrogen (secondary N) is 2. The molecule has 0 aliphatic heterocycles. The molecule has 174 valence electrons. The molecule has 8 nitrogen and oxygen atoms in total. The summed E-state index contributed by atoms with van der Waals surface area (Å²) in [5.41, 5.74) is 1.75. The average molecular weight is 436 g/mol. The molecule has 0 aromatic heterocycles. The molecule has 1 aromatic rings. The van der Waals surface area contributed by atoms with Crippen LogP contribution >= 0.6 is 0 Å². The molecule has 3 amide bonds. The van der Waals surface area contributed by atoms with Crippen molar-refractivity contribution in [1.29, 1.82) is 0 Å². The maximum atomic E-state index is 13.3. The number of carbonyl (C=O) groups is 3. The monoisotopic (exact) mass is 435 g/mol. The molecule has 31 heavy (non-hydrogen) atoms. The molecule has 3 N–H and O–H groups in total. The van der Waals surface area contributed by atoms with Crippen molar-refractivity contribution in [3.63, 3.8) is 0 Å². The molecule has 0 fully saturated rings. The van der Waals surface area contributed by atoms with E-state index in [1.165, 1.54) is 11.8 Å². The molecule has 0 heterocycles. The fourth-order valence-corrected chi connectivity index (χ4v) is 3.14. The second kappa shape index (κ2) is 11.1. The molecule has 2 atom stereocenters. The van der Waals surface area contributed by atoms with Crippen LogP contribution in [0.5, 0.6) is 0 Å². The molecule has 1 rings (SSSR count). The molecule has 0 aliphatic rings. The molecular weight excluding hydrogens is 398 g/mol. The zero-order valence-corrected chi connectivity index (χ0v) is 19.9. The Kier molecular flexibility index (Phi) is 9.49. The van der Waals surface area contributed by atoms with E-state index in [9.17, 15) is 19.5 Å². The molecule has 8 heteroatoms. The van der Waals surface area contributed by atoms with Gasteiger partial charge < -0.3 is 25.4 Å². The molecule has 0 aliphatic carbocycles. The maximum absolute atomic E-state index is 13.3. The summed E-state index contributed by atoms with van der Waals surface area (Å²) in [6, 6.07) is 3.64. The highest BCUT2D eigenvalue weighted by atomic mass is 16.6. The number of rotatable bonds is 8. The molecule has 1 aromatic carbocycles. The number of hydrogen-bond donors (Lipinski definition) is 3. The van der Waals surface area contributed by atoms with Gasteiger partial charge in [0.2, 0.25) is 11.8 Å². The number of benzene rings is 1. The molecular formula is C23H37N3O5. The first-order valence-corrected chi connectivity index (χ1v) is 10.5. The number of ether oxygens (including phenoxy) is 1. The van der Waals surface area contributed by atoms with E-state index >= 15 is 0 Å². The van der Waals surface area contributed by atoms with Crippen molar-refractivity contribution in [2.24, 2.45) is 0 Å². The number of carbonyl (C=O) groups excluding carboxylic acids is 3. The summed E-state index contributed by atoms with van der Waals surface area (Å²) in [7, 11) is 0. The number of nitrogens with zero attached hydrogens (tertiary/aromatic N) is 1. The third-order valence-corrected chi connectivity index (χ3v) is 4.45. The van der Waals surface area contributed by atoms with Gasteiger partial charge in [-0.05, 0) is 66.5 Å². The van der Waals surface area contributed by atoms with Gasteiger partial charge in [0.1, 0.15) is 17.7 Å². The van der Waals surface area contributed by atoms with E-state index < -0.39 is 29.7 Å². The lowest BCUT2D eigenvalue weighted by Gasteiger charge is -2.34. The minimum Gasteiger partial charge on any atom is -0.444 e. The Morgan fingerprint density at radius 1 is 1.10 bits per heavy atom. The third-order valence-electron chi connectivity index (χ3n) is 4.45. The minimum atomic E-state index is -0.958. The number of hydrogen-bond acceptors (Lipinski definition) is 5. The molecule has 0 bridgehead atoms. The first-order chi connectivity index (χ1) is 14.3. The Morgan fingerprint density at radius 2 is 1.71 bits per heavy atom. The van der Waals surface area contributed by atoms with Crippen molar-refractivity contribution in [2.75, 3.05) is 13.2 Å². The minimum absolute atomic E-state index is 0.0667. The predicted molar refractivity (Wildman–Crippen MR) is 120 cm³/mol. The Labute approximate surface area is 185 Å². The van der Waals surface area contributed by atoms with Crippen molar-refractivity contribution in [1.82, 2.24) is 15.5 Å². The van der Waals surface area contributed by atoms with Gasteiger partial charge in [0.15, 0.2) is 0 Å². The van der Waals surface area contributed by atoms with Crippen LogP contribution in [0.1, 0.15) is 64.3 Å². The highest BCUT2D eigenvalue weighted by Gasteiger charge is 2.35. The fourth-order valence-electron chi connectivity index (χ4n) is 3.14. The van der Waals surface area contributed by atoms with E-state index in [0.29, 0.717) is 5.56 Å². The van der Waals surface area contributed by atoms with E-state index in [1.54, 1.807) is 20.8 Å². The van der Waals surface area contributed by atoms with Gasteiger partial charge in [0, 0.05) is 12.6 Å². The largest absolute Gasteiger partial charge is 0.444 e. The van der Waals surface area contributed by atoms with Crippen LogP contribution < -0.4 is 10.6 Å². The third kappa shape index (κ3) is 8.20. The topological polar surface area (TPSA) is 108 Å². The lowest BCUT2D eigenvalue weighted by atomic mass is 9.96. The summed E-state index contributed by atoms with van der Waals surface area (Å²) in [6.45, 7) is 13.8. The number of amides is 3. The van der Waals surface area contributed by atoms with E-state index in [4.69, 9.17) is 4.74 Å². The van der Waals surface area contributed by atoms with Gasteiger partial charge in [-0.15, -0.1) is 0 Å². The predicted octanol–water partition coefficient (Wildman–Crippen LogP) is 2.60. The normalized spacial score (nSPS) is 13.4. The summed E-state index contributed by atoms with van der Waals surface area (Å²) in [4.78, 5) is 39.9. The van der Waals surface area contributed by atoms with E-state index in [1.807, 2.05) is 45.9 Å². The highest BCUT2D eigenvalue weighted by molar-refractivity contribution is 5.92. The van der Waals surface area contributed by atoms with Crippen LogP contribution in [0.15, 0.2) is 18.2 Å². The summed E-state index contributed by atoms with van der Waals surface area (Å²) in [5, 5.41) is 15.0. The molecule has 2 unspecified atom stereocenters. The quantitative estimate of drug-likeness (QED) is 0.582. The second-order valence-electron chi connectivity index (χ2n) is 9.05. The molecule has 0 radical (unpaired) electrons. The number of aliphatic hydroxyl groups is 1. The van der Waals surface area contributed by atoms with Gasteiger partial charge in [0.05, 0.1) is 6.61 Å². The Balaban J connectivity index is 3.32. The van der Waals surface area contributed by atoms with Gasteiger partial charge in [-0.3, -0.25) is 9.59 Å². The fraction of sp³-hybridized carbons (Fsp3) is 0.609. The highest BCUT2D eigenvalue weighted by Crippen LogP contribution is 2.26. The van der Waals surface area contributed by atoms with Crippen LogP contribution in [-0.4, -0.2) is 58.8 Å². The molecule has 0 saturated heterocycles. The zero-order chi connectivity index (χ0) is 23.9. The Hall–Kier alpha value is -2.61. The zero-order valence-electron chi connectivity index (χ0n) is 19.9. The van der Waals surface area contributed by atoms with Crippen molar-refractivity contribution < 1.29 is 24.2 Å². The van der Waals surface area contributed by atoms with Gasteiger partial charge in [-0.25, -0.2) is 4.79 Å². The smallest absolute Gasteiger partial charge is 0.408 e. The van der Waals surface area contributed by atoms with Gasteiger partial charge in [-0.2, -0.15) is 0 Å². The van der Waals surface area contributed by atoms with Crippen molar-refractivity contribution in [3.05, 3.63) is 34.9 Å². The van der Waals surface area contributed by atoms with Crippen LogP contribution in [0.2, 0.25) is 0 Å². The Bertz CT molecular complexity index is 786. The Morgan fingerprint density at radius 3 is 2.23 bits per heavy atom. The SMILES string of the molecule is Cc1ccc(C)c(C(C(=O)NC(C)C)N(CCO)C(=O)C(C)NC(=O)OC(C)(C)C)c1. The number of aryl methyl sites for hydroxylation is 2. The lowest BCUT2D eigenvalue weighted by Crippen LogP contribution is -2.53. The number of aliphatic hydroxyl groups excluding tert-OH is 1. The average Bonchev–Trinajstić information content (AvgIpc) is 2.61. The van der Waals surface area contributed by atoms with Crippen LogP contribution in [0.25, 0.3) is 0 Å². The first-order valence-electron chi connectivity index (χ1n) is 10.5. The van der Waals surface area contributed by atoms with Crippen molar-refractivity contribution in [2.45, 2.75) is 79.1 Å². The maximum Gasteiger partial charge on any atom is 0.408 e. The van der Waals surface area contributed by atoms with Crippen molar-refractivity contribution in [3.8, 4) is 0 Å². The van der Waals surface area contributed by atoms with Gasteiger partial charge in [-0.1, -0.05) is 23.8 Å². The van der Waals surface area contributed by atoms with Crippen LogP contribution in [0.3, 0.4) is 0 Å². The van der Waals surface area contributed by atoms with E-state index in [2.05, 4.69) is 10.6 Å². The van der Waals surface area contributed by atoms with Crippen LogP contribution in [0, 0.1) is 13.8 Å². The van der Waals surface area contributed by atoms with Gasteiger partial charge >= 0.3 is 6.09 Å². The van der Waals surface area contributed by atoms with Crippen LogP contribution in [-0.2, 0) is 14.3 Å². The molecule has 0 spiro atoms. The first kappa shape index (κ1) is 26.4. The van der Waals surface area contributed by atoms with Crippen LogP contribution in [0.4, 0.5) is 4.79 Å². The summed E-state index contributed by atoms with van der Waals surface area (Å²) >= 11 is 0. The summed E-state index contributed by atoms with van der Waals surface area (Å²) in [5.74, 6) is -0.848. The summed E-state index contributed by atoms with van der Waals surface area (Å²) < 4.78 is 5.23.